The van der Waals surface area contributed by atoms with Crippen LogP contribution in [-0.4, -0.2) is 12.6 Å². The number of benzene rings is 2. The molecule has 1 unspecified atom stereocenters. The zero-order valence-electron chi connectivity index (χ0n) is 10.5. The van der Waals surface area contributed by atoms with Gasteiger partial charge in [-0.05, 0) is 22.3 Å². The van der Waals surface area contributed by atoms with Crippen molar-refractivity contribution in [3.8, 4) is 11.1 Å². The molecule has 0 spiro atoms. The van der Waals surface area contributed by atoms with Gasteiger partial charge in [0, 0.05) is 0 Å². The summed E-state index contributed by atoms with van der Waals surface area (Å²) in [5, 5.41) is 0. The standard InChI is InChI=1S/C16H12Br2O2/c17-15(9-19)13-5-1-11(2-6-13)12-3-7-14(8-4-12)16(18)10-20/h1-10,15-16H/t15-,16?/m0/s1. The molecule has 0 saturated heterocycles. The van der Waals surface area contributed by atoms with Crippen LogP contribution in [0.4, 0.5) is 0 Å². The Morgan fingerprint density at radius 1 is 0.650 bits per heavy atom. The molecule has 0 saturated carbocycles. The van der Waals surface area contributed by atoms with Gasteiger partial charge in [0.1, 0.15) is 12.6 Å². The lowest BCUT2D eigenvalue weighted by atomic mass is 10.0. The fourth-order valence-electron chi connectivity index (χ4n) is 1.88. The van der Waals surface area contributed by atoms with Crippen molar-refractivity contribution in [1.82, 2.24) is 0 Å². The zero-order chi connectivity index (χ0) is 14.5. The number of alkyl halides is 2. The summed E-state index contributed by atoms with van der Waals surface area (Å²) in [6, 6.07) is 15.6. The van der Waals surface area contributed by atoms with E-state index in [9.17, 15) is 9.59 Å². The van der Waals surface area contributed by atoms with Crippen LogP contribution >= 0.6 is 31.9 Å². The van der Waals surface area contributed by atoms with Gasteiger partial charge in [-0.2, -0.15) is 0 Å². The number of aldehydes is 2. The van der Waals surface area contributed by atoms with Crippen molar-refractivity contribution in [3.63, 3.8) is 0 Å². The molecule has 20 heavy (non-hydrogen) atoms. The lowest BCUT2D eigenvalue weighted by Crippen LogP contribution is -1.91. The predicted octanol–water partition coefficient (Wildman–Crippen LogP) is 4.62. The average Bonchev–Trinajstić information content (AvgIpc) is 2.53. The first kappa shape index (κ1) is 15.1. The van der Waals surface area contributed by atoms with Crippen LogP contribution < -0.4 is 0 Å². The summed E-state index contributed by atoms with van der Waals surface area (Å²) in [6.07, 6.45) is 1.72. The number of hydrogen-bond donors (Lipinski definition) is 0. The van der Waals surface area contributed by atoms with Crippen LogP contribution in [0.15, 0.2) is 48.5 Å². The van der Waals surface area contributed by atoms with Crippen molar-refractivity contribution >= 4 is 44.4 Å². The third-order valence-electron chi connectivity index (χ3n) is 3.03. The Kier molecular flexibility index (Phi) is 5.26. The Hall–Kier alpha value is -1.26. The lowest BCUT2D eigenvalue weighted by molar-refractivity contribution is -0.108. The molecule has 0 fully saturated rings. The van der Waals surface area contributed by atoms with Crippen LogP contribution in [0.3, 0.4) is 0 Å². The number of halogens is 2. The maximum absolute atomic E-state index is 10.7. The van der Waals surface area contributed by atoms with Crippen molar-refractivity contribution in [3.05, 3.63) is 59.7 Å². The van der Waals surface area contributed by atoms with Gasteiger partial charge >= 0.3 is 0 Å². The highest BCUT2D eigenvalue weighted by Gasteiger charge is 2.07. The van der Waals surface area contributed by atoms with E-state index in [1.165, 1.54) is 0 Å². The zero-order valence-corrected chi connectivity index (χ0v) is 13.7. The normalized spacial score (nSPS) is 13.5. The highest BCUT2D eigenvalue weighted by molar-refractivity contribution is 9.09. The minimum absolute atomic E-state index is 0.263. The van der Waals surface area contributed by atoms with Crippen LogP contribution in [0.25, 0.3) is 11.1 Å². The maximum atomic E-state index is 10.7. The monoisotopic (exact) mass is 394 g/mol. The Labute approximate surface area is 134 Å². The number of carbonyl (C=O) groups excluding carboxylic acids is 2. The van der Waals surface area contributed by atoms with Gasteiger partial charge in [-0.3, -0.25) is 0 Å². The van der Waals surface area contributed by atoms with Gasteiger partial charge in [-0.25, -0.2) is 0 Å². The van der Waals surface area contributed by atoms with Gasteiger partial charge in [0.2, 0.25) is 0 Å². The molecule has 102 valence electrons. The molecule has 2 aromatic carbocycles. The molecule has 2 atom stereocenters. The van der Waals surface area contributed by atoms with Gasteiger partial charge in [-0.15, -0.1) is 0 Å². The third-order valence-corrected chi connectivity index (χ3v) is 4.52. The summed E-state index contributed by atoms with van der Waals surface area (Å²) in [6.45, 7) is 0. The fourth-order valence-corrected chi connectivity index (χ4v) is 2.49. The highest BCUT2D eigenvalue weighted by Crippen LogP contribution is 2.27. The molecule has 0 radical (unpaired) electrons. The van der Waals surface area contributed by atoms with Crippen LogP contribution in [0.2, 0.25) is 0 Å². The molecule has 0 aliphatic heterocycles. The van der Waals surface area contributed by atoms with E-state index in [4.69, 9.17) is 0 Å². The molecule has 0 amide bonds. The van der Waals surface area contributed by atoms with Gasteiger partial charge in [0.15, 0.2) is 0 Å². The Morgan fingerprint density at radius 2 is 0.950 bits per heavy atom. The minimum atomic E-state index is -0.263. The van der Waals surface area contributed by atoms with Crippen molar-refractivity contribution < 1.29 is 9.59 Å². The summed E-state index contributed by atoms with van der Waals surface area (Å²) in [5.74, 6) is 0. The predicted molar refractivity (Wildman–Crippen MR) is 87.3 cm³/mol. The summed E-state index contributed by atoms with van der Waals surface area (Å²) in [7, 11) is 0. The van der Waals surface area contributed by atoms with Gasteiger partial charge < -0.3 is 9.59 Å². The second kappa shape index (κ2) is 6.95. The summed E-state index contributed by atoms with van der Waals surface area (Å²) in [4.78, 5) is 20.9. The number of hydrogen-bond acceptors (Lipinski definition) is 2. The third kappa shape index (κ3) is 3.44. The van der Waals surface area contributed by atoms with Crippen molar-refractivity contribution in [2.24, 2.45) is 0 Å². The highest BCUT2D eigenvalue weighted by atomic mass is 79.9. The van der Waals surface area contributed by atoms with Crippen LogP contribution in [-0.2, 0) is 9.59 Å². The smallest absolute Gasteiger partial charge is 0.138 e. The van der Waals surface area contributed by atoms with E-state index in [2.05, 4.69) is 31.9 Å². The van der Waals surface area contributed by atoms with E-state index in [1.807, 2.05) is 48.5 Å². The van der Waals surface area contributed by atoms with E-state index < -0.39 is 0 Å². The molecule has 0 N–H and O–H groups in total. The molecular weight excluding hydrogens is 384 g/mol. The van der Waals surface area contributed by atoms with Crippen molar-refractivity contribution in [2.45, 2.75) is 9.65 Å². The Morgan fingerprint density at radius 3 is 1.20 bits per heavy atom. The first-order chi connectivity index (χ1) is 9.65. The van der Waals surface area contributed by atoms with Gasteiger partial charge in [0.05, 0.1) is 9.65 Å². The second-order valence-electron chi connectivity index (χ2n) is 4.32. The minimum Gasteiger partial charge on any atom is -0.302 e. The van der Waals surface area contributed by atoms with E-state index in [0.717, 1.165) is 34.8 Å². The molecule has 2 rings (SSSR count). The largest absolute Gasteiger partial charge is 0.302 e. The molecule has 2 nitrogen and oxygen atoms in total. The fraction of sp³-hybridized carbons (Fsp3) is 0.125. The SMILES string of the molecule is O=CC(Br)c1ccc(-c2ccc([C@@H](Br)C=O)cc2)cc1. The van der Waals surface area contributed by atoms with E-state index in [1.54, 1.807) is 0 Å². The molecular formula is C16H12Br2O2. The Balaban J connectivity index is 2.23. The van der Waals surface area contributed by atoms with E-state index in [0.29, 0.717) is 0 Å². The van der Waals surface area contributed by atoms with Crippen molar-refractivity contribution in [1.29, 1.82) is 0 Å². The summed E-state index contributed by atoms with van der Waals surface area (Å²) >= 11 is 6.59. The maximum Gasteiger partial charge on any atom is 0.138 e. The number of carbonyl (C=O) groups is 2. The molecule has 0 aliphatic rings. The quantitative estimate of drug-likeness (QED) is 0.546. The van der Waals surface area contributed by atoms with Crippen LogP contribution in [0.1, 0.15) is 20.8 Å². The van der Waals surface area contributed by atoms with E-state index in [-0.39, 0.29) is 9.65 Å². The Bertz CT molecular complexity index is 535. The molecule has 4 heteroatoms. The first-order valence-electron chi connectivity index (χ1n) is 6.04. The molecule has 0 heterocycles. The second-order valence-corrected chi connectivity index (χ2v) is 6.29. The lowest BCUT2D eigenvalue weighted by Gasteiger charge is -2.07. The molecule has 0 bridgehead atoms. The van der Waals surface area contributed by atoms with Crippen molar-refractivity contribution in [2.75, 3.05) is 0 Å². The first-order valence-corrected chi connectivity index (χ1v) is 7.88. The van der Waals surface area contributed by atoms with Gasteiger partial charge in [0.25, 0.3) is 0 Å². The average molecular weight is 396 g/mol. The van der Waals surface area contributed by atoms with E-state index >= 15 is 0 Å². The van der Waals surface area contributed by atoms with Crippen LogP contribution in [0, 0.1) is 0 Å². The summed E-state index contributed by atoms with van der Waals surface area (Å²) in [5.41, 5.74) is 4.01. The molecule has 2 aromatic rings. The van der Waals surface area contributed by atoms with Crippen LogP contribution in [0.5, 0.6) is 0 Å². The molecule has 0 aliphatic carbocycles. The topological polar surface area (TPSA) is 34.1 Å². The number of rotatable bonds is 5. The van der Waals surface area contributed by atoms with Gasteiger partial charge in [-0.1, -0.05) is 80.4 Å². The molecule has 0 aromatic heterocycles. The summed E-state index contributed by atoms with van der Waals surface area (Å²) < 4.78 is 0.